The van der Waals surface area contributed by atoms with E-state index >= 15 is 0 Å². The number of rotatable bonds is 6. The maximum absolute atomic E-state index is 11.4. The second kappa shape index (κ2) is 7.04. The molecule has 94 valence electrons. The summed E-state index contributed by atoms with van der Waals surface area (Å²) in [6, 6.07) is 7.55. The molecule has 0 aliphatic rings. The van der Waals surface area contributed by atoms with E-state index in [0.717, 1.165) is 18.7 Å². The number of nitrogens with one attached hydrogen (secondary N) is 1. The maximum Gasteiger partial charge on any atom is 0.265 e. The smallest absolute Gasteiger partial charge is 0.265 e. The monoisotopic (exact) mass is 235 g/mol. The molecule has 1 amide bonds. The van der Waals surface area contributed by atoms with Crippen LogP contribution in [0.1, 0.15) is 35.7 Å². The summed E-state index contributed by atoms with van der Waals surface area (Å²) < 4.78 is 0. The molecule has 0 bridgehead atoms. The van der Waals surface area contributed by atoms with Crippen LogP contribution in [0.2, 0.25) is 0 Å². The third kappa shape index (κ3) is 4.54. The van der Waals surface area contributed by atoms with Crippen LogP contribution in [0, 0.1) is 0 Å². The van der Waals surface area contributed by atoms with Crippen molar-refractivity contribution in [1.29, 1.82) is 0 Å². The zero-order valence-corrected chi connectivity index (χ0v) is 10.6. The van der Waals surface area contributed by atoms with Gasteiger partial charge in [-0.05, 0) is 37.7 Å². The van der Waals surface area contributed by atoms with Gasteiger partial charge in [0.15, 0.2) is 0 Å². The van der Waals surface area contributed by atoms with Crippen LogP contribution in [-0.2, 0) is 6.54 Å². The first kappa shape index (κ1) is 13.7. The van der Waals surface area contributed by atoms with Crippen LogP contribution in [0.25, 0.3) is 0 Å². The molecule has 0 saturated carbocycles. The molecule has 0 unspecified atom stereocenters. The molecule has 0 fully saturated rings. The summed E-state index contributed by atoms with van der Waals surface area (Å²) in [5.41, 5.74) is 3.88. The molecular weight excluding hydrogens is 214 g/mol. The highest BCUT2D eigenvalue weighted by Gasteiger charge is 2.05. The molecule has 1 aromatic carbocycles. The lowest BCUT2D eigenvalue weighted by Gasteiger charge is -2.16. The molecule has 4 heteroatoms. The van der Waals surface area contributed by atoms with E-state index in [1.54, 1.807) is 6.07 Å². The molecule has 17 heavy (non-hydrogen) atoms. The number of amides is 1. The fourth-order valence-corrected chi connectivity index (χ4v) is 1.71. The highest BCUT2D eigenvalue weighted by Crippen LogP contribution is 2.08. The van der Waals surface area contributed by atoms with E-state index in [9.17, 15) is 4.79 Å². The Hall–Kier alpha value is -1.39. The van der Waals surface area contributed by atoms with Gasteiger partial charge in [-0.15, -0.1) is 0 Å². The number of unbranched alkanes of at least 4 members (excludes halogenated alkanes) is 1. The summed E-state index contributed by atoms with van der Waals surface area (Å²) in [6.45, 7) is 4.11. The number of carbonyl (C=O) groups is 1. The average molecular weight is 235 g/mol. The molecule has 0 aliphatic carbocycles. The first-order chi connectivity index (χ1) is 8.17. The summed E-state index contributed by atoms with van der Waals surface area (Å²) in [6.07, 6.45) is 2.39. The Kier molecular flexibility index (Phi) is 5.66. The molecule has 0 atom stereocenters. The topological polar surface area (TPSA) is 58.4 Å². The van der Waals surface area contributed by atoms with E-state index in [1.165, 1.54) is 12.8 Å². The van der Waals surface area contributed by atoms with Gasteiger partial charge in [0, 0.05) is 12.1 Å². The maximum atomic E-state index is 11.4. The van der Waals surface area contributed by atoms with Crippen LogP contribution in [0.15, 0.2) is 24.3 Å². The molecule has 4 nitrogen and oxygen atoms in total. The van der Waals surface area contributed by atoms with Crippen molar-refractivity contribution in [1.82, 2.24) is 10.3 Å². The fourth-order valence-electron chi connectivity index (χ4n) is 1.71. The second-order valence-corrected chi connectivity index (χ2v) is 4.27. The van der Waals surface area contributed by atoms with Gasteiger partial charge in [0.05, 0.1) is 0 Å². The Morgan fingerprint density at radius 2 is 2.24 bits per heavy atom. The molecule has 0 spiro atoms. The lowest BCUT2D eigenvalue weighted by molar-refractivity contribution is 0.0953. The van der Waals surface area contributed by atoms with Gasteiger partial charge in [0.25, 0.3) is 5.91 Å². The van der Waals surface area contributed by atoms with Gasteiger partial charge in [0.2, 0.25) is 0 Å². The van der Waals surface area contributed by atoms with Crippen LogP contribution in [0.3, 0.4) is 0 Å². The van der Waals surface area contributed by atoms with Gasteiger partial charge in [-0.3, -0.25) is 10.2 Å². The third-order valence-electron chi connectivity index (χ3n) is 2.67. The molecule has 1 aromatic rings. The third-order valence-corrected chi connectivity index (χ3v) is 2.67. The number of hydrazine groups is 1. The second-order valence-electron chi connectivity index (χ2n) is 4.27. The fraction of sp³-hybridized carbons (Fsp3) is 0.462. The highest BCUT2D eigenvalue weighted by molar-refractivity contribution is 5.93. The SMILES string of the molecule is CCCCN(C)Cc1cccc(C(=O)NN)c1. The largest absolute Gasteiger partial charge is 0.302 e. The van der Waals surface area contributed by atoms with Crippen LogP contribution >= 0.6 is 0 Å². The van der Waals surface area contributed by atoms with Crippen LogP contribution < -0.4 is 11.3 Å². The summed E-state index contributed by atoms with van der Waals surface area (Å²) >= 11 is 0. The first-order valence-electron chi connectivity index (χ1n) is 5.95. The van der Waals surface area contributed by atoms with Gasteiger partial charge >= 0.3 is 0 Å². The zero-order valence-electron chi connectivity index (χ0n) is 10.6. The van der Waals surface area contributed by atoms with Crippen molar-refractivity contribution in [2.45, 2.75) is 26.3 Å². The van der Waals surface area contributed by atoms with E-state index in [4.69, 9.17) is 5.84 Å². The van der Waals surface area contributed by atoms with Crippen molar-refractivity contribution in [2.24, 2.45) is 5.84 Å². The quantitative estimate of drug-likeness (QED) is 0.446. The Morgan fingerprint density at radius 3 is 2.88 bits per heavy atom. The number of carbonyl (C=O) groups excluding carboxylic acids is 1. The van der Waals surface area contributed by atoms with E-state index in [2.05, 4.69) is 24.3 Å². The number of nitrogen functional groups attached to an aromatic ring is 1. The van der Waals surface area contributed by atoms with Gasteiger partial charge in [-0.2, -0.15) is 0 Å². The average Bonchev–Trinajstić information content (AvgIpc) is 2.35. The van der Waals surface area contributed by atoms with Gasteiger partial charge in [-0.1, -0.05) is 25.5 Å². The van der Waals surface area contributed by atoms with E-state index < -0.39 is 0 Å². The predicted molar refractivity (Wildman–Crippen MR) is 69.3 cm³/mol. The Labute approximate surface area is 103 Å². The van der Waals surface area contributed by atoms with Crippen molar-refractivity contribution >= 4 is 5.91 Å². The Morgan fingerprint density at radius 1 is 1.47 bits per heavy atom. The van der Waals surface area contributed by atoms with Gasteiger partial charge in [0.1, 0.15) is 0 Å². The summed E-state index contributed by atoms with van der Waals surface area (Å²) in [7, 11) is 2.09. The lowest BCUT2D eigenvalue weighted by atomic mass is 10.1. The van der Waals surface area contributed by atoms with Crippen molar-refractivity contribution in [3.05, 3.63) is 35.4 Å². The minimum atomic E-state index is -0.247. The minimum Gasteiger partial charge on any atom is -0.302 e. The van der Waals surface area contributed by atoms with E-state index in [-0.39, 0.29) is 5.91 Å². The number of nitrogens with zero attached hydrogens (tertiary/aromatic N) is 1. The number of hydrogen-bond acceptors (Lipinski definition) is 3. The van der Waals surface area contributed by atoms with Crippen molar-refractivity contribution < 1.29 is 4.79 Å². The van der Waals surface area contributed by atoms with Crippen LogP contribution in [-0.4, -0.2) is 24.4 Å². The summed E-state index contributed by atoms with van der Waals surface area (Å²) in [5, 5.41) is 0. The Balaban J connectivity index is 2.62. The summed E-state index contributed by atoms with van der Waals surface area (Å²) in [5.74, 6) is 4.86. The standard InChI is InChI=1S/C13H21N3O/c1-3-4-8-16(2)10-11-6-5-7-12(9-11)13(17)15-14/h5-7,9H,3-4,8,10,14H2,1-2H3,(H,15,17). The molecule has 1 rings (SSSR count). The zero-order chi connectivity index (χ0) is 12.7. The normalized spacial score (nSPS) is 10.6. The van der Waals surface area contributed by atoms with Gasteiger partial charge in [-0.25, -0.2) is 5.84 Å². The Bertz CT molecular complexity index is 365. The van der Waals surface area contributed by atoms with E-state index in [0.29, 0.717) is 5.56 Å². The summed E-state index contributed by atoms with van der Waals surface area (Å²) in [4.78, 5) is 13.6. The van der Waals surface area contributed by atoms with Crippen molar-refractivity contribution in [2.75, 3.05) is 13.6 Å². The van der Waals surface area contributed by atoms with Crippen molar-refractivity contribution in [3.63, 3.8) is 0 Å². The number of hydrogen-bond donors (Lipinski definition) is 2. The van der Waals surface area contributed by atoms with E-state index in [1.807, 2.05) is 18.2 Å². The molecule has 0 aliphatic heterocycles. The number of benzene rings is 1. The highest BCUT2D eigenvalue weighted by atomic mass is 16.2. The lowest BCUT2D eigenvalue weighted by Crippen LogP contribution is -2.30. The van der Waals surface area contributed by atoms with Crippen molar-refractivity contribution in [3.8, 4) is 0 Å². The minimum absolute atomic E-state index is 0.247. The molecule has 0 aromatic heterocycles. The molecule has 0 saturated heterocycles. The molecular formula is C13H21N3O. The predicted octanol–water partition coefficient (Wildman–Crippen LogP) is 1.52. The molecule has 0 radical (unpaired) electrons. The molecule has 3 N–H and O–H groups in total. The van der Waals surface area contributed by atoms with Crippen LogP contribution in [0.5, 0.6) is 0 Å². The number of nitrogens with two attached hydrogens (primary N) is 1. The van der Waals surface area contributed by atoms with Crippen LogP contribution in [0.4, 0.5) is 0 Å². The first-order valence-corrected chi connectivity index (χ1v) is 5.95. The van der Waals surface area contributed by atoms with Gasteiger partial charge < -0.3 is 4.90 Å². The molecule has 0 heterocycles.